The minimum Gasteiger partial charge on any atom is -0.457 e. The number of rotatable bonds is 2. The van der Waals surface area contributed by atoms with Gasteiger partial charge in [-0.25, -0.2) is 0 Å². The molecule has 1 unspecified atom stereocenters. The van der Waals surface area contributed by atoms with Gasteiger partial charge >= 0.3 is 0 Å². The second-order valence-corrected chi connectivity index (χ2v) is 6.44. The van der Waals surface area contributed by atoms with Crippen LogP contribution in [0.4, 0.5) is 0 Å². The molecular formula is C10H7Br2ClOS. The predicted molar refractivity (Wildman–Crippen MR) is 71.2 cm³/mol. The van der Waals surface area contributed by atoms with E-state index in [1.807, 2.05) is 13.0 Å². The fraction of sp³-hybridized carbons (Fsp3) is 0.200. The molecule has 80 valence electrons. The first-order valence-corrected chi connectivity index (χ1v) is 7.12. The summed E-state index contributed by atoms with van der Waals surface area (Å²) in [4.78, 5) is 1.31. The Kier molecular flexibility index (Phi) is 3.60. The molecule has 1 atom stereocenters. The SMILES string of the molecule is Cc1cc(C(Br)c2ccoc2Br)sc1Cl. The topological polar surface area (TPSA) is 13.1 Å². The van der Waals surface area contributed by atoms with Gasteiger partial charge in [-0.3, -0.25) is 0 Å². The summed E-state index contributed by atoms with van der Waals surface area (Å²) in [5.41, 5.74) is 2.19. The molecule has 15 heavy (non-hydrogen) atoms. The fourth-order valence-corrected chi connectivity index (χ4v) is 4.01. The van der Waals surface area contributed by atoms with Crippen molar-refractivity contribution in [1.29, 1.82) is 0 Å². The lowest BCUT2D eigenvalue weighted by Gasteiger charge is -2.04. The zero-order valence-corrected chi connectivity index (χ0v) is 12.5. The van der Waals surface area contributed by atoms with E-state index < -0.39 is 0 Å². The summed E-state index contributed by atoms with van der Waals surface area (Å²) in [5, 5.41) is 0. The third-order valence-corrected chi connectivity index (χ3v) is 5.60. The summed E-state index contributed by atoms with van der Waals surface area (Å²) in [5.74, 6) is 0. The van der Waals surface area contributed by atoms with Gasteiger partial charge in [0.15, 0.2) is 4.67 Å². The normalized spacial score (nSPS) is 13.1. The molecule has 2 aromatic rings. The second-order valence-electron chi connectivity index (χ2n) is 3.12. The Labute approximate surface area is 114 Å². The lowest BCUT2D eigenvalue weighted by molar-refractivity contribution is 0.538. The first kappa shape index (κ1) is 11.7. The third kappa shape index (κ3) is 2.33. The van der Waals surface area contributed by atoms with Crippen LogP contribution in [0.25, 0.3) is 0 Å². The average molecular weight is 370 g/mol. The van der Waals surface area contributed by atoms with Crippen molar-refractivity contribution in [3.05, 3.63) is 43.4 Å². The van der Waals surface area contributed by atoms with E-state index in [0.29, 0.717) is 0 Å². The van der Waals surface area contributed by atoms with Crippen molar-refractivity contribution < 1.29 is 4.42 Å². The van der Waals surface area contributed by atoms with Gasteiger partial charge < -0.3 is 4.42 Å². The van der Waals surface area contributed by atoms with Gasteiger partial charge in [0.2, 0.25) is 0 Å². The van der Waals surface area contributed by atoms with Gasteiger partial charge in [0.05, 0.1) is 15.4 Å². The van der Waals surface area contributed by atoms with Crippen LogP contribution in [-0.2, 0) is 0 Å². The minimum atomic E-state index is 0.127. The van der Waals surface area contributed by atoms with Crippen LogP contribution in [0.2, 0.25) is 4.34 Å². The quantitative estimate of drug-likeness (QED) is 0.632. The minimum absolute atomic E-state index is 0.127. The molecule has 2 rings (SSSR count). The number of hydrogen-bond acceptors (Lipinski definition) is 2. The van der Waals surface area contributed by atoms with Crippen LogP contribution in [-0.4, -0.2) is 0 Å². The van der Waals surface area contributed by atoms with Crippen LogP contribution in [0.1, 0.15) is 20.8 Å². The summed E-state index contributed by atoms with van der Waals surface area (Å²) in [6, 6.07) is 4.03. The van der Waals surface area contributed by atoms with E-state index >= 15 is 0 Å². The summed E-state index contributed by atoms with van der Waals surface area (Å²) in [6.45, 7) is 2.01. The van der Waals surface area contributed by atoms with Gasteiger partial charge in [-0.15, -0.1) is 11.3 Å². The Bertz CT molecular complexity index is 458. The Morgan fingerprint density at radius 3 is 2.73 bits per heavy atom. The van der Waals surface area contributed by atoms with Crippen LogP contribution >= 0.6 is 54.8 Å². The Hall–Kier alpha value is 0.230. The highest BCUT2D eigenvalue weighted by atomic mass is 79.9. The first-order valence-electron chi connectivity index (χ1n) is 4.22. The summed E-state index contributed by atoms with van der Waals surface area (Å²) in [7, 11) is 0. The van der Waals surface area contributed by atoms with Crippen molar-refractivity contribution in [2.45, 2.75) is 11.8 Å². The first-order chi connectivity index (χ1) is 7.09. The van der Waals surface area contributed by atoms with Gasteiger partial charge in [-0.05, 0) is 40.5 Å². The molecule has 1 nitrogen and oxygen atoms in total. The number of alkyl halides is 1. The van der Waals surface area contributed by atoms with Gasteiger partial charge in [0.1, 0.15) is 0 Å². The maximum Gasteiger partial charge on any atom is 0.173 e. The molecule has 0 N–H and O–H groups in total. The van der Waals surface area contributed by atoms with E-state index in [9.17, 15) is 0 Å². The van der Waals surface area contributed by atoms with E-state index in [1.165, 1.54) is 4.88 Å². The lowest BCUT2D eigenvalue weighted by atomic mass is 10.2. The van der Waals surface area contributed by atoms with Gasteiger partial charge in [-0.1, -0.05) is 27.5 Å². The Morgan fingerprint density at radius 2 is 2.27 bits per heavy atom. The molecule has 0 fully saturated rings. The van der Waals surface area contributed by atoms with Crippen molar-refractivity contribution in [3.8, 4) is 0 Å². The molecular weight excluding hydrogens is 363 g/mol. The van der Waals surface area contributed by atoms with Crippen LogP contribution in [0.15, 0.2) is 27.5 Å². The maximum absolute atomic E-state index is 6.04. The molecule has 0 aliphatic carbocycles. The van der Waals surface area contributed by atoms with E-state index in [1.54, 1.807) is 17.6 Å². The highest BCUT2D eigenvalue weighted by molar-refractivity contribution is 9.10. The van der Waals surface area contributed by atoms with Crippen molar-refractivity contribution in [3.63, 3.8) is 0 Å². The number of hydrogen-bond donors (Lipinski definition) is 0. The lowest BCUT2D eigenvalue weighted by Crippen LogP contribution is -1.87. The van der Waals surface area contributed by atoms with Crippen molar-refractivity contribution in [2.24, 2.45) is 0 Å². The molecule has 5 heteroatoms. The highest BCUT2D eigenvalue weighted by Crippen LogP contribution is 2.41. The van der Waals surface area contributed by atoms with Crippen molar-refractivity contribution in [2.75, 3.05) is 0 Å². The standard InChI is InChI=1S/C10H7Br2ClOS/c1-5-4-7(15-10(5)13)8(11)6-2-3-14-9(6)12/h2-4,8H,1H3. The number of aryl methyl sites for hydroxylation is 1. The van der Waals surface area contributed by atoms with Gasteiger partial charge in [0, 0.05) is 10.4 Å². The van der Waals surface area contributed by atoms with Crippen molar-refractivity contribution >= 4 is 54.8 Å². The van der Waals surface area contributed by atoms with E-state index in [-0.39, 0.29) is 4.83 Å². The number of halogens is 3. The molecule has 0 aliphatic heterocycles. The number of furan rings is 1. The summed E-state index contributed by atoms with van der Waals surface area (Å²) < 4.78 is 6.80. The largest absolute Gasteiger partial charge is 0.457 e. The molecule has 0 radical (unpaired) electrons. The van der Waals surface area contributed by atoms with E-state index in [0.717, 1.165) is 20.1 Å². The number of thiophene rings is 1. The molecule has 2 aromatic heterocycles. The highest BCUT2D eigenvalue weighted by Gasteiger charge is 2.18. The molecule has 2 heterocycles. The predicted octanol–water partition coefficient (Wildman–Crippen LogP) is 5.55. The molecule has 0 bridgehead atoms. The second kappa shape index (κ2) is 4.62. The molecule has 0 spiro atoms. The zero-order chi connectivity index (χ0) is 11.0. The Morgan fingerprint density at radius 1 is 1.53 bits per heavy atom. The third-order valence-electron chi connectivity index (χ3n) is 2.05. The summed E-state index contributed by atoms with van der Waals surface area (Å²) >= 11 is 14.6. The summed E-state index contributed by atoms with van der Waals surface area (Å²) in [6.07, 6.45) is 1.66. The monoisotopic (exact) mass is 368 g/mol. The van der Waals surface area contributed by atoms with Crippen LogP contribution < -0.4 is 0 Å². The van der Waals surface area contributed by atoms with Gasteiger partial charge in [0.25, 0.3) is 0 Å². The molecule has 0 aliphatic rings. The van der Waals surface area contributed by atoms with Crippen LogP contribution in [0, 0.1) is 6.92 Å². The van der Waals surface area contributed by atoms with Crippen LogP contribution in [0.3, 0.4) is 0 Å². The Balaban J connectivity index is 2.36. The molecule has 0 aromatic carbocycles. The van der Waals surface area contributed by atoms with E-state index in [4.69, 9.17) is 16.0 Å². The maximum atomic E-state index is 6.04. The smallest absolute Gasteiger partial charge is 0.173 e. The average Bonchev–Trinajstić information content (AvgIpc) is 2.74. The molecule has 0 saturated carbocycles. The van der Waals surface area contributed by atoms with Crippen LogP contribution in [0.5, 0.6) is 0 Å². The zero-order valence-electron chi connectivity index (χ0n) is 7.76. The fourth-order valence-electron chi connectivity index (χ4n) is 1.25. The van der Waals surface area contributed by atoms with Crippen molar-refractivity contribution in [1.82, 2.24) is 0 Å². The molecule has 0 amide bonds. The van der Waals surface area contributed by atoms with Gasteiger partial charge in [-0.2, -0.15) is 0 Å². The van der Waals surface area contributed by atoms with E-state index in [2.05, 4.69) is 37.9 Å². The molecule has 0 saturated heterocycles.